The van der Waals surface area contributed by atoms with Crippen LogP contribution in [0.15, 0.2) is 18.2 Å². The van der Waals surface area contributed by atoms with Gasteiger partial charge in [-0.05, 0) is 32.0 Å². The monoisotopic (exact) mass is 295 g/mol. The zero-order valence-electron chi connectivity index (χ0n) is 11.4. The first kappa shape index (κ1) is 15.2. The third-order valence-electron chi connectivity index (χ3n) is 3.20. The van der Waals surface area contributed by atoms with E-state index in [9.17, 15) is 20.0 Å². The van der Waals surface area contributed by atoms with Crippen molar-refractivity contribution >= 4 is 17.3 Å². The molecule has 1 amide bonds. The maximum absolute atomic E-state index is 11.7. The maximum atomic E-state index is 11.7. The van der Waals surface area contributed by atoms with Crippen LogP contribution in [0, 0.1) is 10.1 Å². The Labute approximate surface area is 121 Å². The van der Waals surface area contributed by atoms with E-state index in [1.165, 1.54) is 12.1 Å². The standard InChI is InChI=1S/C13H17N3O5/c17-12-7-9(16(19)20)1-2-11(12)15-13(18)8-21-10-3-5-14-6-4-10/h1-2,7,10,14,17H,3-6,8H2,(H,15,18). The van der Waals surface area contributed by atoms with E-state index >= 15 is 0 Å². The summed E-state index contributed by atoms with van der Waals surface area (Å²) in [5.41, 5.74) is -0.115. The van der Waals surface area contributed by atoms with Gasteiger partial charge in [-0.25, -0.2) is 0 Å². The highest BCUT2D eigenvalue weighted by molar-refractivity contribution is 5.93. The van der Waals surface area contributed by atoms with Crippen molar-refractivity contribution < 1.29 is 19.6 Å². The minimum atomic E-state index is -0.620. The molecule has 0 atom stereocenters. The van der Waals surface area contributed by atoms with Crippen molar-refractivity contribution in [2.45, 2.75) is 18.9 Å². The fourth-order valence-electron chi connectivity index (χ4n) is 2.08. The van der Waals surface area contributed by atoms with E-state index in [1.54, 1.807) is 0 Å². The summed E-state index contributed by atoms with van der Waals surface area (Å²) in [7, 11) is 0. The molecule has 0 unspecified atom stereocenters. The molecule has 1 aliphatic heterocycles. The predicted molar refractivity (Wildman–Crippen MR) is 75.2 cm³/mol. The summed E-state index contributed by atoms with van der Waals surface area (Å²) in [6, 6.07) is 3.49. The van der Waals surface area contributed by atoms with Crippen LogP contribution in [0.1, 0.15) is 12.8 Å². The Morgan fingerprint density at radius 3 is 2.81 bits per heavy atom. The molecule has 21 heavy (non-hydrogen) atoms. The van der Waals surface area contributed by atoms with Gasteiger partial charge in [-0.15, -0.1) is 0 Å². The number of carbonyl (C=O) groups is 1. The molecule has 1 aromatic rings. The summed E-state index contributed by atoms with van der Waals surface area (Å²) in [5.74, 6) is -0.753. The van der Waals surface area contributed by atoms with Crippen LogP contribution in [-0.2, 0) is 9.53 Å². The van der Waals surface area contributed by atoms with E-state index in [0.29, 0.717) is 0 Å². The van der Waals surface area contributed by atoms with Crippen LogP contribution < -0.4 is 10.6 Å². The first-order chi connectivity index (χ1) is 10.1. The highest BCUT2D eigenvalue weighted by Crippen LogP contribution is 2.27. The second-order valence-corrected chi connectivity index (χ2v) is 4.77. The fourth-order valence-corrected chi connectivity index (χ4v) is 2.08. The number of nitrogens with zero attached hydrogens (tertiary/aromatic N) is 1. The van der Waals surface area contributed by atoms with Crippen LogP contribution in [0.3, 0.4) is 0 Å². The molecule has 3 N–H and O–H groups in total. The topological polar surface area (TPSA) is 114 Å². The van der Waals surface area contributed by atoms with Crippen molar-refractivity contribution in [1.82, 2.24) is 5.32 Å². The lowest BCUT2D eigenvalue weighted by atomic mass is 10.1. The molecule has 1 saturated heterocycles. The van der Waals surface area contributed by atoms with Gasteiger partial charge in [-0.2, -0.15) is 0 Å². The quantitative estimate of drug-likeness (QED) is 0.424. The highest BCUT2D eigenvalue weighted by Gasteiger charge is 2.16. The van der Waals surface area contributed by atoms with E-state index in [4.69, 9.17) is 4.74 Å². The smallest absolute Gasteiger partial charge is 0.273 e. The van der Waals surface area contributed by atoms with Crippen molar-refractivity contribution in [3.8, 4) is 5.75 Å². The zero-order chi connectivity index (χ0) is 15.2. The van der Waals surface area contributed by atoms with Gasteiger partial charge in [0.2, 0.25) is 5.91 Å². The number of phenols is 1. The molecule has 0 spiro atoms. The van der Waals surface area contributed by atoms with Gasteiger partial charge in [-0.3, -0.25) is 14.9 Å². The molecular formula is C13H17N3O5. The molecule has 1 aliphatic rings. The van der Waals surface area contributed by atoms with Crippen molar-refractivity contribution in [1.29, 1.82) is 0 Å². The van der Waals surface area contributed by atoms with E-state index in [2.05, 4.69) is 10.6 Å². The number of amides is 1. The second-order valence-electron chi connectivity index (χ2n) is 4.77. The van der Waals surface area contributed by atoms with Gasteiger partial charge in [-0.1, -0.05) is 0 Å². The fraction of sp³-hybridized carbons (Fsp3) is 0.462. The number of nitro benzene ring substituents is 1. The van der Waals surface area contributed by atoms with Gasteiger partial charge in [0, 0.05) is 6.07 Å². The molecule has 0 bridgehead atoms. The second kappa shape index (κ2) is 7.00. The lowest BCUT2D eigenvalue weighted by Crippen LogP contribution is -2.34. The Hall–Kier alpha value is -2.19. The minimum Gasteiger partial charge on any atom is -0.506 e. The van der Waals surface area contributed by atoms with Gasteiger partial charge < -0.3 is 20.5 Å². The number of anilines is 1. The lowest BCUT2D eigenvalue weighted by molar-refractivity contribution is -0.384. The average Bonchev–Trinajstić information content (AvgIpc) is 2.48. The maximum Gasteiger partial charge on any atom is 0.273 e. The van der Waals surface area contributed by atoms with Gasteiger partial charge in [0.1, 0.15) is 12.4 Å². The number of phenolic OH excluding ortho intramolecular Hbond substituents is 1. The minimum absolute atomic E-state index is 0.0578. The SMILES string of the molecule is O=C(COC1CCNCC1)Nc1ccc([N+](=O)[O-])cc1O. The van der Waals surface area contributed by atoms with Crippen molar-refractivity contribution in [2.24, 2.45) is 0 Å². The molecular weight excluding hydrogens is 278 g/mol. The van der Waals surface area contributed by atoms with Crippen LogP contribution in [0.4, 0.5) is 11.4 Å². The Morgan fingerprint density at radius 1 is 1.48 bits per heavy atom. The van der Waals surface area contributed by atoms with Crippen molar-refractivity contribution in [3.05, 3.63) is 28.3 Å². The summed E-state index contributed by atoms with van der Waals surface area (Å²) in [5, 5.41) is 25.8. The molecule has 2 rings (SSSR count). The number of hydrogen-bond acceptors (Lipinski definition) is 6. The molecule has 114 valence electrons. The largest absolute Gasteiger partial charge is 0.506 e. The Balaban J connectivity index is 1.85. The number of ether oxygens (including phenoxy) is 1. The summed E-state index contributed by atoms with van der Waals surface area (Å²) in [4.78, 5) is 21.7. The Bertz CT molecular complexity index is 529. The van der Waals surface area contributed by atoms with Crippen LogP contribution in [0.2, 0.25) is 0 Å². The van der Waals surface area contributed by atoms with E-state index in [0.717, 1.165) is 32.0 Å². The summed E-state index contributed by atoms with van der Waals surface area (Å²) >= 11 is 0. The molecule has 8 heteroatoms. The van der Waals surface area contributed by atoms with Crippen LogP contribution in [0.5, 0.6) is 5.75 Å². The number of hydrogen-bond donors (Lipinski definition) is 3. The van der Waals surface area contributed by atoms with Crippen molar-refractivity contribution in [3.63, 3.8) is 0 Å². The third-order valence-corrected chi connectivity index (χ3v) is 3.20. The molecule has 8 nitrogen and oxygen atoms in total. The first-order valence-corrected chi connectivity index (χ1v) is 6.66. The van der Waals surface area contributed by atoms with E-state index < -0.39 is 10.8 Å². The molecule has 1 aromatic carbocycles. The molecule has 0 aliphatic carbocycles. The number of aromatic hydroxyl groups is 1. The van der Waals surface area contributed by atoms with Gasteiger partial charge >= 0.3 is 0 Å². The normalized spacial score (nSPS) is 15.6. The number of nitrogens with one attached hydrogen (secondary N) is 2. The molecule has 1 heterocycles. The van der Waals surface area contributed by atoms with E-state index in [-0.39, 0.29) is 29.8 Å². The Morgan fingerprint density at radius 2 is 2.19 bits per heavy atom. The summed E-state index contributed by atoms with van der Waals surface area (Å²) in [6.07, 6.45) is 1.77. The molecule has 0 radical (unpaired) electrons. The number of piperidine rings is 1. The molecule has 1 fully saturated rings. The van der Waals surface area contributed by atoms with Gasteiger partial charge in [0.25, 0.3) is 5.69 Å². The lowest BCUT2D eigenvalue weighted by Gasteiger charge is -2.22. The highest BCUT2D eigenvalue weighted by atomic mass is 16.6. The van der Waals surface area contributed by atoms with Crippen LogP contribution in [-0.4, -0.2) is 41.7 Å². The van der Waals surface area contributed by atoms with Gasteiger partial charge in [0.15, 0.2) is 0 Å². The van der Waals surface area contributed by atoms with Gasteiger partial charge in [0.05, 0.1) is 22.8 Å². The zero-order valence-corrected chi connectivity index (χ0v) is 11.4. The summed E-state index contributed by atoms with van der Waals surface area (Å²) in [6.45, 7) is 1.63. The number of non-ortho nitro benzene ring substituents is 1. The number of carbonyl (C=O) groups excluding carboxylic acids is 1. The van der Waals surface area contributed by atoms with Crippen LogP contribution >= 0.6 is 0 Å². The number of benzene rings is 1. The predicted octanol–water partition coefficient (Wildman–Crippen LogP) is 1.01. The first-order valence-electron chi connectivity index (χ1n) is 6.66. The van der Waals surface area contributed by atoms with Crippen molar-refractivity contribution in [2.75, 3.05) is 25.0 Å². The number of nitro groups is 1. The number of rotatable bonds is 5. The molecule has 0 aromatic heterocycles. The van der Waals surface area contributed by atoms with E-state index in [1.807, 2.05) is 0 Å². The third kappa shape index (κ3) is 4.40. The Kier molecular flexibility index (Phi) is 5.07. The average molecular weight is 295 g/mol. The summed E-state index contributed by atoms with van der Waals surface area (Å²) < 4.78 is 5.48. The van der Waals surface area contributed by atoms with Crippen LogP contribution in [0.25, 0.3) is 0 Å². The molecule has 0 saturated carbocycles.